The molecule has 0 unspecified atom stereocenters. The van der Waals surface area contributed by atoms with Crippen LogP contribution < -0.4 is 0 Å². The highest BCUT2D eigenvalue weighted by Crippen LogP contribution is 2.26. The number of carbonyl (C=O) groups is 1. The highest BCUT2D eigenvalue weighted by molar-refractivity contribution is 7.18. The lowest BCUT2D eigenvalue weighted by atomic mass is 10.0. The smallest absolute Gasteiger partial charge is 0.244 e. The van der Waals surface area contributed by atoms with E-state index < -0.39 is 0 Å². The number of likely N-dealkylation sites (N-methyl/N-ethyl adjacent to an activating group) is 1. The molecule has 0 aliphatic carbocycles. The zero-order valence-corrected chi connectivity index (χ0v) is 18.6. The zero-order valence-electron chi connectivity index (χ0n) is 17.8. The maximum Gasteiger partial charge on any atom is 0.244 e. The SMILES string of the molecule is CCN(CC)C(=O)[C@@H](c1ccccc1)N1CCN(Cc2nc3ccccc3s2)CC1. The molecule has 158 valence electrons. The van der Waals surface area contributed by atoms with Gasteiger partial charge in [0.25, 0.3) is 0 Å². The van der Waals surface area contributed by atoms with Gasteiger partial charge in [0.15, 0.2) is 0 Å². The Morgan fingerprint density at radius 2 is 1.67 bits per heavy atom. The van der Waals surface area contributed by atoms with Gasteiger partial charge in [-0.3, -0.25) is 14.6 Å². The van der Waals surface area contributed by atoms with Crippen molar-refractivity contribution in [3.8, 4) is 0 Å². The van der Waals surface area contributed by atoms with E-state index in [-0.39, 0.29) is 11.9 Å². The number of para-hydroxylation sites is 1. The molecule has 2 heterocycles. The first kappa shape index (κ1) is 21.0. The fourth-order valence-corrected chi connectivity index (χ4v) is 5.22. The minimum Gasteiger partial charge on any atom is -0.342 e. The van der Waals surface area contributed by atoms with Crippen LogP contribution in [0.1, 0.15) is 30.5 Å². The minimum atomic E-state index is -0.198. The largest absolute Gasteiger partial charge is 0.342 e. The number of hydrogen-bond acceptors (Lipinski definition) is 5. The molecule has 0 spiro atoms. The molecule has 4 rings (SSSR count). The van der Waals surface area contributed by atoms with Crippen molar-refractivity contribution in [1.29, 1.82) is 0 Å². The van der Waals surface area contributed by atoms with Gasteiger partial charge in [0, 0.05) is 39.3 Å². The predicted octanol–water partition coefficient (Wildman–Crippen LogP) is 4.02. The summed E-state index contributed by atoms with van der Waals surface area (Å²) < 4.78 is 1.25. The van der Waals surface area contributed by atoms with Crippen LogP contribution in [-0.2, 0) is 11.3 Å². The van der Waals surface area contributed by atoms with Gasteiger partial charge in [0.05, 0.1) is 16.8 Å². The van der Waals surface area contributed by atoms with Crippen molar-refractivity contribution >= 4 is 27.5 Å². The second-order valence-electron chi connectivity index (χ2n) is 7.71. The second-order valence-corrected chi connectivity index (χ2v) is 8.83. The zero-order chi connectivity index (χ0) is 20.9. The van der Waals surface area contributed by atoms with Gasteiger partial charge in [-0.1, -0.05) is 42.5 Å². The first-order valence-corrected chi connectivity index (χ1v) is 11.7. The molecule has 1 aliphatic rings. The van der Waals surface area contributed by atoms with E-state index in [0.29, 0.717) is 0 Å². The van der Waals surface area contributed by atoms with E-state index in [2.05, 4.69) is 54.0 Å². The maximum absolute atomic E-state index is 13.3. The Hall–Kier alpha value is -2.28. The van der Waals surface area contributed by atoms with E-state index in [1.54, 1.807) is 11.3 Å². The normalized spacial score (nSPS) is 16.6. The van der Waals surface area contributed by atoms with Crippen LogP contribution >= 0.6 is 11.3 Å². The van der Waals surface area contributed by atoms with Crippen LogP contribution in [0, 0.1) is 0 Å². The molecule has 1 saturated heterocycles. The Kier molecular flexibility index (Phi) is 6.77. The summed E-state index contributed by atoms with van der Waals surface area (Å²) in [5.41, 5.74) is 2.18. The van der Waals surface area contributed by atoms with Crippen molar-refractivity contribution in [3.05, 3.63) is 65.2 Å². The number of carbonyl (C=O) groups excluding carboxylic acids is 1. The van der Waals surface area contributed by atoms with Crippen molar-refractivity contribution in [1.82, 2.24) is 19.7 Å². The molecule has 2 aromatic carbocycles. The number of thiazole rings is 1. The van der Waals surface area contributed by atoms with Crippen LogP contribution in [0.2, 0.25) is 0 Å². The number of rotatable bonds is 7. The van der Waals surface area contributed by atoms with Crippen molar-refractivity contribution in [2.45, 2.75) is 26.4 Å². The molecule has 6 heteroatoms. The first-order valence-electron chi connectivity index (χ1n) is 10.8. The second kappa shape index (κ2) is 9.69. The summed E-state index contributed by atoms with van der Waals surface area (Å²) in [4.78, 5) is 24.9. The molecule has 30 heavy (non-hydrogen) atoms. The number of nitrogens with zero attached hydrogens (tertiary/aromatic N) is 4. The Morgan fingerprint density at radius 3 is 2.33 bits per heavy atom. The Bertz CT molecular complexity index is 929. The third kappa shape index (κ3) is 4.56. The molecular weight excluding hydrogens is 392 g/mol. The van der Waals surface area contributed by atoms with Gasteiger partial charge in [-0.05, 0) is 31.5 Å². The molecule has 0 radical (unpaired) electrons. The van der Waals surface area contributed by atoms with E-state index in [9.17, 15) is 4.79 Å². The molecule has 1 aromatic heterocycles. The van der Waals surface area contributed by atoms with Crippen molar-refractivity contribution < 1.29 is 4.79 Å². The monoisotopic (exact) mass is 422 g/mol. The summed E-state index contributed by atoms with van der Waals surface area (Å²) >= 11 is 1.78. The van der Waals surface area contributed by atoms with Crippen LogP contribution in [0.25, 0.3) is 10.2 Å². The average Bonchev–Trinajstić information content (AvgIpc) is 3.19. The summed E-state index contributed by atoms with van der Waals surface area (Å²) in [5, 5.41) is 1.17. The molecule has 0 bridgehead atoms. The molecule has 1 amide bonds. The summed E-state index contributed by atoms with van der Waals surface area (Å²) in [6.07, 6.45) is 0. The van der Waals surface area contributed by atoms with Gasteiger partial charge in [-0.25, -0.2) is 4.98 Å². The van der Waals surface area contributed by atoms with Gasteiger partial charge in [0.1, 0.15) is 11.0 Å². The van der Waals surface area contributed by atoms with Gasteiger partial charge in [0.2, 0.25) is 5.91 Å². The fraction of sp³-hybridized carbons (Fsp3) is 0.417. The average molecular weight is 423 g/mol. The van der Waals surface area contributed by atoms with Gasteiger partial charge < -0.3 is 4.90 Å². The predicted molar refractivity (Wildman–Crippen MR) is 124 cm³/mol. The third-order valence-corrected chi connectivity index (χ3v) is 6.91. The molecule has 3 aromatic rings. The van der Waals surface area contributed by atoms with Gasteiger partial charge in [-0.15, -0.1) is 11.3 Å². The Labute approximate surface area is 182 Å². The van der Waals surface area contributed by atoms with Crippen molar-refractivity contribution in [2.75, 3.05) is 39.3 Å². The van der Waals surface area contributed by atoms with Crippen LogP contribution in [0.4, 0.5) is 0 Å². The molecule has 0 N–H and O–H groups in total. The summed E-state index contributed by atoms with van der Waals surface area (Å²) in [5.74, 6) is 0.214. The van der Waals surface area contributed by atoms with Crippen LogP contribution in [0.3, 0.4) is 0 Å². The summed E-state index contributed by atoms with van der Waals surface area (Å²) in [6.45, 7) is 10.2. The van der Waals surface area contributed by atoms with Crippen molar-refractivity contribution in [2.24, 2.45) is 0 Å². The molecular formula is C24H30N4OS. The number of piperazine rings is 1. The number of hydrogen-bond donors (Lipinski definition) is 0. The fourth-order valence-electron chi connectivity index (χ4n) is 4.21. The van der Waals surface area contributed by atoms with Gasteiger partial charge >= 0.3 is 0 Å². The maximum atomic E-state index is 13.3. The molecule has 1 fully saturated rings. The van der Waals surface area contributed by atoms with Crippen LogP contribution in [0.15, 0.2) is 54.6 Å². The number of fused-ring (bicyclic) bond motifs is 1. The minimum absolute atomic E-state index is 0.198. The summed E-state index contributed by atoms with van der Waals surface area (Å²) in [7, 11) is 0. The highest BCUT2D eigenvalue weighted by Gasteiger charge is 2.32. The molecule has 5 nitrogen and oxygen atoms in total. The quantitative estimate of drug-likeness (QED) is 0.576. The standard InChI is InChI=1S/C24H30N4OS/c1-3-27(4-2)24(29)23(19-10-6-5-7-11-19)28-16-14-26(15-17-28)18-22-25-20-12-8-9-13-21(20)30-22/h5-13,23H,3-4,14-18H2,1-2H3/t23-/m1/s1. The summed E-state index contributed by atoms with van der Waals surface area (Å²) in [6, 6.07) is 18.4. The molecule has 0 saturated carbocycles. The number of amides is 1. The lowest BCUT2D eigenvalue weighted by molar-refractivity contribution is -0.137. The van der Waals surface area contributed by atoms with E-state index in [1.807, 2.05) is 29.2 Å². The number of benzene rings is 2. The van der Waals surface area contributed by atoms with Crippen LogP contribution in [0.5, 0.6) is 0 Å². The van der Waals surface area contributed by atoms with Crippen molar-refractivity contribution in [3.63, 3.8) is 0 Å². The van der Waals surface area contributed by atoms with Gasteiger partial charge in [-0.2, -0.15) is 0 Å². The van der Waals surface area contributed by atoms with E-state index in [4.69, 9.17) is 4.98 Å². The molecule has 1 atom stereocenters. The first-order chi connectivity index (χ1) is 14.7. The van der Waals surface area contributed by atoms with Crippen LogP contribution in [-0.4, -0.2) is 64.9 Å². The van der Waals surface area contributed by atoms with E-state index in [1.165, 1.54) is 9.71 Å². The lowest BCUT2D eigenvalue weighted by Gasteiger charge is -2.40. The number of aromatic nitrogens is 1. The Morgan fingerprint density at radius 1 is 1.00 bits per heavy atom. The Balaban J connectivity index is 1.45. The van der Waals surface area contributed by atoms with E-state index in [0.717, 1.165) is 56.9 Å². The third-order valence-electron chi connectivity index (χ3n) is 5.89. The lowest BCUT2D eigenvalue weighted by Crippen LogP contribution is -2.51. The van der Waals surface area contributed by atoms with E-state index >= 15 is 0 Å². The topological polar surface area (TPSA) is 39.7 Å². The molecule has 1 aliphatic heterocycles. The highest BCUT2D eigenvalue weighted by atomic mass is 32.1.